The van der Waals surface area contributed by atoms with E-state index < -0.39 is 0 Å². The molecule has 3 rings (SSSR count). The Bertz CT molecular complexity index is 617. The van der Waals surface area contributed by atoms with E-state index in [0.29, 0.717) is 18.1 Å². The van der Waals surface area contributed by atoms with E-state index in [1.54, 1.807) is 7.05 Å². The first-order valence-electron chi connectivity index (χ1n) is 6.79. The molecular formula is C15H16N4O2. The summed E-state index contributed by atoms with van der Waals surface area (Å²) in [5, 5.41) is 5.68. The van der Waals surface area contributed by atoms with Crippen LogP contribution < -0.4 is 15.4 Å². The molecule has 2 N–H and O–H groups in total. The molecule has 1 atom stereocenters. The Morgan fingerprint density at radius 2 is 2.19 bits per heavy atom. The molecule has 2 aromatic rings. The molecule has 1 amide bonds. The van der Waals surface area contributed by atoms with Gasteiger partial charge in [-0.25, -0.2) is 9.97 Å². The third kappa shape index (κ3) is 2.94. The van der Waals surface area contributed by atoms with E-state index in [9.17, 15) is 4.79 Å². The van der Waals surface area contributed by atoms with Gasteiger partial charge in [-0.2, -0.15) is 0 Å². The number of rotatable bonds is 4. The Morgan fingerprint density at radius 1 is 1.33 bits per heavy atom. The number of para-hydroxylation sites is 1. The predicted octanol–water partition coefficient (Wildman–Crippen LogP) is 1.25. The summed E-state index contributed by atoms with van der Waals surface area (Å²) in [7, 11) is 1.75. The number of aromatic nitrogens is 2. The van der Waals surface area contributed by atoms with Gasteiger partial charge in [-0.05, 0) is 11.6 Å². The van der Waals surface area contributed by atoms with Gasteiger partial charge in [-0.1, -0.05) is 18.2 Å². The highest BCUT2D eigenvalue weighted by Crippen LogP contribution is 2.27. The Morgan fingerprint density at radius 3 is 2.90 bits per heavy atom. The van der Waals surface area contributed by atoms with Crippen LogP contribution in [0.3, 0.4) is 0 Å². The Labute approximate surface area is 122 Å². The fraction of sp³-hybridized carbons (Fsp3) is 0.267. The van der Waals surface area contributed by atoms with Crippen LogP contribution in [0.4, 0.5) is 5.82 Å². The molecule has 1 aliphatic rings. The second-order valence-electron chi connectivity index (χ2n) is 4.80. The fourth-order valence-electron chi connectivity index (χ4n) is 2.24. The minimum Gasteiger partial charge on any atom is -0.488 e. The Hall–Kier alpha value is -2.63. The van der Waals surface area contributed by atoms with Crippen LogP contribution >= 0.6 is 0 Å². The second kappa shape index (κ2) is 5.78. The summed E-state index contributed by atoms with van der Waals surface area (Å²) in [6.45, 7) is 0.447. The number of benzene rings is 1. The summed E-state index contributed by atoms with van der Waals surface area (Å²) in [6, 6.07) is 7.92. The van der Waals surface area contributed by atoms with E-state index in [0.717, 1.165) is 12.2 Å². The van der Waals surface area contributed by atoms with E-state index in [1.165, 1.54) is 18.0 Å². The Balaban J connectivity index is 1.55. The maximum atomic E-state index is 12.0. The van der Waals surface area contributed by atoms with E-state index >= 15 is 0 Å². The van der Waals surface area contributed by atoms with Crippen molar-refractivity contribution < 1.29 is 9.53 Å². The van der Waals surface area contributed by atoms with Crippen molar-refractivity contribution in [3.8, 4) is 5.75 Å². The van der Waals surface area contributed by atoms with Gasteiger partial charge < -0.3 is 15.4 Å². The minimum absolute atomic E-state index is 0.0316. The number of anilines is 1. The lowest BCUT2D eigenvalue weighted by Crippen LogP contribution is -2.34. The molecule has 0 saturated heterocycles. The number of carbonyl (C=O) groups is 1. The van der Waals surface area contributed by atoms with E-state index in [1.807, 2.05) is 24.3 Å². The zero-order valence-corrected chi connectivity index (χ0v) is 11.7. The van der Waals surface area contributed by atoms with Crippen molar-refractivity contribution in [2.24, 2.45) is 0 Å². The molecule has 0 fully saturated rings. The van der Waals surface area contributed by atoms with Crippen LogP contribution in [0.25, 0.3) is 0 Å². The summed E-state index contributed by atoms with van der Waals surface area (Å²) < 4.78 is 5.77. The number of nitrogens with one attached hydrogen (secondary N) is 2. The molecule has 21 heavy (non-hydrogen) atoms. The van der Waals surface area contributed by atoms with E-state index in [2.05, 4.69) is 20.6 Å². The van der Waals surface area contributed by atoms with Crippen molar-refractivity contribution in [1.82, 2.24) is 15.3 Å². The normalized spacial score (nSPS) is 16.0. The number of hydrogen-bond acceptors (Lipinski definition) is 5. The number of fused-ring (bicyclic) bond motifs is 1. The number of amides is 1. The van der Waals surface area contributed by atoms with Gasteiger partial charge in [0.15, 0.2) is 0 Å². The molecule has 1 unspecified atom stereocenters. The number of ether oxygens (including phenoxy) is 1. The van der Waals surface area contributed by atoms with Gasteiger partial charge >= 0.3 is 0 Å². The van der Waals surface area contributed by atoms with Crippen LogP contribution in [0.5, 0.6) is 5.75 Å². The van der Waals surface area contributed by atoms with Crippen molar-refractivity contribution in [2.75, 3.05) is 18.9 Å². The lowest BCUT2D eigenvalue weighted by atomic mass is 10.1. The molecule has 108 valence electrons. The summed E-state index contributed by atoms with van der Waals surface area (Å²) >= 11 is 0. The quantitative estimate of drug-likeness (QED) is 0.883. The van der Waals surface area contributed by atoms with Gasteiger partial charge in [0, 0.05) is 13.5 Å². The molecule has 1 aliphatic heterocycles. The zero-order chi connectivity index (χ0) is 14.7. The topological polar surface area (TPSA) is 76.1 Å². The largest absolute Gasteiger partial charge is 0.488 e. The highest BCUT2D eigenvalue weighted by atomic mass is 16.5. The lowest BCUT2D eigenvalue weighted by Gasteiger charge is -2.11. The second-order valence-corrected chi connectivity index (χ2v) is 4.80. The van der Waals surface area contributed by atoms with E-state index in [-0.39, 0.29) is 12.0 Å². The minimum atomic E-state index is -0.246. The molecule has 1 aromatic heterocycles. The van der Waals surface area contributed by atoms with Gasteiger partial charge in [0.2, 0.25) is 0 Å². The number of hydrogen-bond donors (Lipinski definition) is 2. The molecule has 6 heteroatoms. The summed E-state index contributed by atoms with van der Waals surface area (Å²) in [5.74, 6) is 1.28. The Kier molecular flexibility index (Phi) is 3.68. The third-order valence-corrected chi connectivity index (χ3v) is 3.34. The molecule has 0 radical (unpaired) electrons. The summed E-state index contributed by atoms with van der Waals surface area (Å²) in [6.07, 6.45) is 3.75. The third-order valence-electron chi connectivity index (χ3n) is 3.34. The van der Waals surface area contributed by atoms with E-state index in [4.69, 9.17) is 4.74 Å². The van der Waals surface area contributed by atoms with Crippen molar-refractivity contribution in [1.29, 1.82) is 0 Å². The SMILES string of the molecule is CNc1cnc(C(=O)NCC2Cc3ccccc3O2)cn1. The van der Waals surface area contributed by atoms with Crippen LogP contribution in [0.1, 0.15) is 16.1 Å². The summed E-state index contributed by atoms with van der Waals surface area (Å²) in [5.41, 5.74) is 1.47. The molecule has 0 saturated carbocycles. The maximum absolute atomic E-state index is 12.0. The number of carbonyl (C=O) groups excluding carboxylic acids is 1. The standard InChI is InChI=1S/C15H16N4O2/c1-16-14-9-17-12(8-18-14)15(20)19-7-11-6-10-4-2-3-5-13(10)21-11/h2-5,8-9,11H,6-7H2,1H3,(H,16,18)(H,19,20). The van der Waals surface area contributed by atoms with Crippen molar-refractivity contribution in [3.05, 3.63) is 47.9 Å². The first-order chi connectivity index (χ1) is 10.3. The van der Waals surface area contributed by atoms with Gasteiger partial charge in [0.05, 0.1) is 18.9 Å². The molecule has 1 aromatic carbocycles. The average Bonchev–Trinajstić information content (AvgIpc) is 2.95. The first-order valence-corrected chi connectivity index (χ1v) is 6.79. The monoisotopic (exact) mass is 284 g/mol. The molecular weight excluding hydrogens is 268 g/mol. The highest BCUT2D eigenvalue weighted by molar-refractivity contribution is 5.92. The molecule has 0 spiro atoms. The van der Waals surface area contributed by atoms with Gasteiger partial charge in [-0.3, -0.25) is 4.79 Å². The number of nitrogens with zero attached hydrogens (tertiary/aromatic N) is 2. The average molecular weight is 284 g/mol. The molecule has 6 nitrogen and oxygen atoms in total. The smallest absolute Gasteiger partial charge is 0.271 e. The maximum Gasteiger partial charge on any atom is 0.271 e. The van der Waals surface area contributed by atoms with Crippen LogP contribution in [-0.4, -0.2) is 35.6 Å². The van der Waals surface area contributed by atoms with Gasteiger partial charge in [0.1, 0.15) is 23.4 Å². The molecule has 2 heterocycles. The molecule has 0 bridgehead atoms. The lowest BCUT2D eigenvalue weighted by molar-refractivity contribution is 0.0928. The van der Waals surface area contributed by atoms with Crippen molar-refractivity contribution in [2.45, 2.75) is 12.5 Å². The van der Waals surface area contributed by atoms with Crippen LogP contribution in [-0.2, 0) is 6.42 Å². The van der Waals surface area contributed by atoms with Crippen molar-refractivity contribution in [3.63, 3.8) is 0 Å². The van der Waals surface area contributed by atoms with Crippen LogP contribution in [0.2, 0.25) is 0 Å². The van der Waals surface area contributed by atoms with Crippen LogP contribution in [0, 0.1) is 0 Å². The van der Waals surface area contributed by atoms with Crippen molar-refractivity contribution >= 4 is 11.7 Å². The molecule has 0 aliphatic carbocycles. The fourth-order valence-corrected chi connectivity index (χ4v) is 2.24. The van der Waals surface area contributed by atoms with Gasteiger partial charge in [-0.15, -0.1) is 0 Å². The first kappa shape index (κ1) is 13.4. The zero-order valence-electron chi connectivity index (χ0n) is 11.7. The van der Waals surface area contributed by atoms with Crippen LogP contribution in [0.15, 0.2) is 36.7 Å². The van der Waals surface area contributed by atoms with Gasteiger partial charge in [0.25, 0.3) is 5.91 Å². The predicted molar refractivity (Wildman–Crippen MR) is 78.5 cm³/mol. The highest BCUT2D eigenvalue weighted by Gasteiger charge is 2.22. The summed E-state index contributed by atoms with van der Waals surface area (Å²) in [4.78, 5) is 20.1.